The predicted octanol–water partition coefficient (Wildman–Crippen LogP) is -7.00. The first-order valence-corrected chi connectivity index (χ1v) is 20.6. The highest BCUT2D eigenvalue weighted by atomic mass is 16.3. The Morgan fingerprint density at radius 3 is 1.98 bits per heavy atom. The molecule has 0 aromatic heterocycles. The standard InChI is InChI=1S/C39H63N11O13/c1-21(54)31-39(63)49-29(20-53)37(61)46-24(12-6-8-16-43-30(55)14-13-25(35(59)50-31)44-27(18-51)33(42)57)34(58)48-28(19-52)38(62)47-26(17-22-9-3-2-4-10-22)36(60)45-23(32(41)56)11-5-7-15-40/h2-4,9-10,21,23-29,31,44,51-54H,5-8,11-20,40H2,1H3,(H2,41,56)(H2,42,57)(H,43,55)(H,45,60)(H,46,61)(H,47,62)(H,48,58)(H,49,63)(H,50,59)/t21-,23+,24?,25?,26+,27+,28+,29+,31+/m1/s1. The highest BCUT2D eigenvalue weighted by molar-refractivity contribution is 5.97. The normalized spacial score (nSPS) is 21.8. The molecule has 1 aromatic rings. The van der Waals surface area contributed by atoms with Crippen molar-refractivity contribution in [2.75, 3.05) is 32.9 Å². The molecule has 9 atom stereocenters. The minimum atomic E-state index is -1.77. The smallest absolute Gasteiger partial charge is 0.245 e. The third kappa shape index (κ3) is 18.6. The highest BCUT2D eigenvalue weighted by Crippen LogP contribution is 2.09. The molecule has 24 nitrogen and oxygen atoms in total. The second-order valence-electron chi connectivity index (χ2n) is 15.0. The van der Waals surface area contributed by atoms with Crippen LogP contribution in [-0.4, -0.2) is 161 Å². The van der Waals surface area contributed by atoms with Gasteiger partial charge in [-0.2, -0.15) is 0 Å². The van der Waals surface area contributed by atoms with Crippen LogP contribution in [0.25, 0.3) is 0 Å². The third-order valence-electron chi connectivity index (χ3n) is 10.00. The Hall–Kier alpha value is -5.79. The van der Waals surface area contributed by atoms with Crippen molar-refractivity contribution in [3.8, 4) is 0 Å². The second kappa shape index (κ2) is 28.0. The molecule has 1 heterocycles. The molecule has 0 aliphatic carbocycles. The van der Waals surface area contributed by atoms with Gasteiger partial charge in [-0.05, 0) is 64.0 Å². The molecule has 1 aromatic carbocycles. The van der Waals surface area contributed by atoms with Crippen LogP contribution in [-0.2, 0) is 49.6 Å². The molecule has 1 fully saturated rings. The van der Waals surface area contributed by atoms with E-state index < -0.39 is 127 Å². The van der Waals surface area contributed by atoms with Crippen LogP contribution in [0.1, 0.15) is 63.9 Å². The molecule has 2 unspecified atom stereocenters. The summed E-state index contributed by atoms with van der Waals surface area (Å²) in [6.45, 7) is -1.28. The van der Waals surface area contributed by atoms with Gasteiger partial charge in [0, 0.05) is 19.4 Å². The number of aliphatic hydroxyl groups excluding tert-OH is 4. The van der Waals surface area contributed by atoms with E-state index in [2.05, 4.69) is 42.5 Å². The molecule has 1 aliphatic heterocycles. The van der Waals surface area contributed by atoms with Gasteiger partial charge >= 0.3 is 0 Å². The first-order valence-electron chi connectivity index (χ1n) is 20.6. The van der Waals surface area contributed by atoms with Gasteiger partial charge in [-0.1, -0.05) is 30.3 Å². The lowest BCUT2D eigenvalue weighted by molar-refractivity contribution is -0.137. The van der Waals surface area contributed by atoms with Gasteiger partial charge in [-0.15, -0.1) is 0 Å². The Balaban J connectivity index is 2.34. The number of carbonyl (C=O) groups is 9. The van der Waals surface area contributed by atoms with Crippen molar-refractivity contribution in [1.82, 2.24) is 42.5 Å². The molecule has 1 aliphatic rings. The zero-order valence-corrected chi connectivity index (χ0v) is 35.2. The lowest BCUT2D eigenvalue weighted by atomic mass is 10.0. The number of benzene rings is 1. The third-order valence-corrected chi connectivity index (χ3v) is 10.00. The van der Waals surface area contributed by atoms with Gasteiger partial charge in [-0.3, -0.25) is 48.5 Å². The maximum absolute atomic E-state index is 13.8. The van der Waals surface area contributed by atoms with Crippen LogP contribution in [0, 0.1) is 0 Å². The fraction of sp³-hybridized carbons (Fsp3) is 0.615. The van der Waals surface area contributed by atoms with E-state index in [1.165, 1.54) is 0 Å². The Bertz CT molecular complexity index is 1700. The number of primary amides is 2. The molecule has 9 amide bonds. The van der Waals surface area contributed by atoms with E-state index in [0.717, 1.165) is 6.92 Å². The molecule has 0 bridgehead atoms. The average molecular weight is 894 g/mol. The van der Waals surface area contributed by atoms with Crippen LogP contribution in [0.5, 0.6) is 0 Å². The number of unbranched alkanes of at least 4 members (excludes halogenated alkanes) is 1. The number of amides is 9. The molecular formula is C39H63N11O13. The van der Waals surface area contributed by atoms with Crippen LogP contribution in [0.4, 0.5) is 0 Å². The van der Waals surface area contributed by atoms with E-state index in [4.69, 9.17) is 17.2 Å². The van der Waals surface area contributed by atoms with E-state index in [1.54, 1.807) is 30.3 Å². The number of rotatable bonds is 20. The lowest BCUT2D eigenvalue weighted by Gasteiger charge is -2.28. The fourth-order valence-electron chi connectivity index (χ4n) is 6.33. The van der Waals surface area contributed by atoms with E-state index in [-0.39, 0.29) is 51.5 Å². The fourth-order valence-corrected chi connectivity index (χ4v) is 6.33. The summed E-state index contributed by atoms with van der Waals surface area (Å²) in [6.07, 6.45) is -0.762. The minimum Gasteiger partial charge on any atom is -0.394 e. The van der Waals surface area contributed by atoms with Crippen LogP contribution in [0.3, 0.4) is 0 Å². The van der Waals surface area contributed by atoms with Gasteiger partial charge < -0.3 is 74.8 Å². The number of hydrogen-bond donors (Lipinski definition) is 15. The Labute approximate surface area is 364 Å². The van der Waals surface area contributed by atoms with Gasteiger partial charge in [0.05, 0.1) is 32.0 Å². The van der Waals surface area contributed by atoms with Crippen molar-refractivity contribution in [2.24, 2.45) is 17.2 Å². The van der Waals surface area contributed by atoms with Crippen molar-refractivity contribution in [2.45, 2.75) is 119 Å². The van der Waals surface area contributed by atoms with Gasteiger partial charge in [0.15, 0.2) is 0 Å². The summed E-state index contributed by atoms with van der Waals surface area (Å²) >= 11 is 0. The quantitative estimate of drug-likeness (QED) is 0.0541. The number of hydrogen-bond acceptors (Lipinski definition) is 15. The van der Waals surface area contributed by atoms with Gasteiger partial charge in [0.2, 0.25) is 53.2 Å². The molecule has 24 heteroatoms. The van der Waals surface area contributed by atoms with E-state index >= 15 is 0 Å². The van der Waals surface area contributed by atoms with Crippen molar-refractivity contribution in [3.63, 3.8) is 0 Å². The van der Waals surface area contributed by atoms with Gasteiger partial charge in [0.1, 0.15) is 42.3 Å². The van der Waals surface area contributed by atoms with Gasteiger partial charge in [-0.25, -0.2) is 0 Å². The molecule has 1 saturated heterocycles. The molecular weight excluding hydrogens is 830 g/mol. The van der Waals surface area contributed by atoms with Crippen LogP contribution < -0.4 is 59.7 Å². The summed E-state index contributed by atoms with van der Waals surface area (Å²) in [5.41, 5.74) is 17.0. The SMILES string of the molecule is C[C@@H](O)[C@@H]1NC(=O)C(N[C@@H](CO)C(N)=O)CCC(=O)NCCCCC(C(=O)N[C@@H](CO)C(=O)N[C@@H](Cc2ccccc2)C(=O)N[C@@H](CCCCN)C(N)=O)NC(=O)[C@H](CO)NC1=O. The number of aliphatic hydroxyl groups is 4. The minimum absolute atomic E-state index is 0.0571. The van der Waals surface area contributed by atoms with Gasteiger partial charge in [0.25, 0.3) is 0 Å². The molecule has 0 saturated carbocycles. The molecule has 0 radical (unpaired) electrons. The zero-order valence-electron chi connectivity index (χ0n) is 35.2. The average Bonchev–Trinajstić information content (AvgIpc) is 3.24. The van der Waals surface area contributed by atoms with Crippen molar-refractivity contribution < 1.29 is 63.6 Å². The second-order valence-corrected chi connectivity index (χ2v) is 15.0. The summed E-state index contributed by atoms with van der Waals surface area (Å²) in [7, 11) is 0. The molecule has 352 valence electrons. The zero-order chi connectivity index (χ0) is 47.1. The number of nitrogens with two attached hydrogens (primary N) is 3. The molecule has 2 rings (SSSR count). The first-order chi connectivity index (χ1) is 29.9. The monoisotopic (exact) mass is 893 g/mol. The molecule has 18 N–H and O–H groups in total. The Morgan fingerprint density at radius 2 is 1.40 bits per heavy atom. The van der Waals surface area contributed by atoms with Crippen LogP contribution >= 0.6 is 0 Å². The van der Waals surface area contributed by atoms with Crippen molar-refractivity contribution in [3.05, 3.63) is 35.9 Å². The van der Waals surface area contributed by atoms with Crippen molar-refractivity contribution >= 4 is 53.2 Å². The lowest BCUT2D eigenvalue weighted by Crippen LogP contribution is -2.62. The number of nitrogens with one attached hydrogen (secondary N) is 8. The molecule has 0 spiro atoms. The number of carbonyl (C=O) groups excluding carboxylic acids is 9. The summed E-state index contributed by atoms with van der Waals surface area (Å²) in [6, 6.07) is -3.39. The Kier molecular flexibility index (Phi) is 23.7. The first kappa shape index (κ1) is 53.3. The van der Waals surface area contributed by atoms with Crippen LogP contribution in [0.2, 0.25) is 0 Å². The maximum atomic E-state index is 13.8. The van der Waals surface area contributed by atoms with E-state index in [1.807, 2.05) is 0 Å². The Morgan fingerprint density at radius 1 is 0.762 bits per heavy atom. The predicted molar refractivity (Wildman–Crippen MR) is 223 cm³/mol. The summed E-state index contributed by atoms with van der Waals surface area (Å²) in [5, 5.41) is 59.8. The topological polar surface area (TPSA) is 409 Å². The van der Waals surface area contributed by atoms with Crippen LogP contribution in [0.15, 0.2) is 30.3 Å². The summed E-state index contributed by atoms with van der Waals surface area (Å²) < 4.78 is 0. The molecule has 63 heavy (non-hydrogen) atoms. The van der Waals surface area contributed by atoms with E-state index in [0.29, 0.717) is 24.9 Å². The van der Waals surface area contributed by atoms with Crippen molar-refractivity contribution in [1.29, 1.82) is 0 Å². The summed E-state index contributed by atoms with van der Waals surface area (Å²) in [4.78, 5) is 118. The highest BCUT2D eigenvalue weighted by Gasteiger charge is 2.35. The summed E-state index contributed by atoms with van der Waals surface area (Å²) in [5.74, 6) is -8.42. The maximum Gasteiger partial charge on any atom is 0.245 e. The largest absolute Gasteiger partial charge is 0.394 e. The van der Waals surface area contributed by atoms with E-state index in [9.17, 15) is 63.6 Å².